The Balaban J connectivity index is 1.74. The number of benzene rings is 1. The van der Waals surface area contributed by atoms with Crippen molar-refractivity contribution in [1.82, 2.24) is 4.98 Å². The van der Waals surface area contributed by atoms with Crippen molar-refractivity contribution in [2.45, 2.75) is 30.7 Å². The highest BCUT2D eigenvalue weighted by molar-refractivity contribution is 5.88. The van der Waals surface area contributed by atoms with Crippen LogP contribution in [0.15, 0.2) is 42.7 Å². The number of hydrogen-bond acceptors (Lipinski definition) is 8. The number of aromatic nitrogens is 1. The Morgan fingerprint density at radius 2 is 1.74 bits per heavy atom. The molecular weight excluding hydrogens is 358 g/mol. The van der Waals surface area contributed by atoms with Crippen LogP contribution >= 0.6 is 0 Å². The third-order valence-electron chi connectivity index (χ3n) is 4.27. The van der Waals surface area contributed by atoms with Crippen LogP contribution in [0.25, 0.3) is 11.1 Å². The molecule has 3 rings (SSSR count). The van der Waals surface area contributed by atoms with Gasteiger partial charge in [0.15, 0.2) is 0 Å². The summed E-state index contributed by atoms with van der Waals surface area (Å²) in [6, 6.07) is 7.97. The lowest BCUT2D eigenvalue weighted by atomic mass is 9.99. The molecule has 27 heavy (non-hydrogen) atoms. The fraction of sp³-hybridized carbons (Fsp3) is 0.333. The van der Waals surface area contributed by atoms with Gasteiger partial charge in [-0.1, -0.05) is 12.1 Å². The van der Waals surface area contributed by atoms with Crippen molar-refractivity contribution in [3.63, 3.8) is 0 Å². The first-order valence-electron chi connectivity index (χ1n) is 8.16. The van der Waals surface area contributed by atoms with E-state index in [1.165, 1.54) is 18.5 Å². The first-order chi connectivity index (χ1) is 12.9. The van der Waals surface area contributed by atoms with Crippen molar-refractivity contribution in [2.75, 3.05) is 6.61 Å². The molecule has 0 spiro atoms. The number of carboxylic acid groups (broad SMARTS) is 1. The molecule has 0 saturated carbocycles. The van der Waals surface area contributed by atoms with Crippen LogP contribution in [-0.4, -0.2) is 73.8 Å². The van der Waals surface area contributed by atoms with Crippen LogP contribution in [0.2, 0.25) is 0 Å². The van der Waals surface area contributed by atoms with Gasteiger partial charge in [-0.15, -0.1) is 0 Å². The standard InChI is InChI=1S/C18H19NO8/c20-8-13-14(21)15(22)16(23)18(27-13)26-12-3-1-9(2-4-12)10-5-11(17(24)25)7-19-6-10/h1-7,13-16,18,20-23H,8H2,(H,24,25). The number of carboxylic acids is 1. The number of aromatic carboxylic acids is 1. The van der Waals surface area contributed by atoms with E-state index >= 15 is 0 Å². The normalized spacial score (nSPS) is 27.9. The lowest BCUT2D eigenvalue weighted by molar-refractivity contribution is -0.277. The molecule has 5 atom stereocenters. The summed E-state index contributed by atoms with van der Waals surface area (Å²) < 4.78 is 10.8. The van der Waals surface area contributed by atoms with E-state index in [4.69, 9.17) is 14.6 Å². The first kappa shape index (κ1) is 19.2. The quantitative estimate of drug-likeness (QED) is 0.470. The molecule has 1 aliphatic rings. The summed E-state index contributed by atoms with van der Waals surface area (Å²) in [6.45, 7) is -0.545. The number of ether oxygens (including phenoxy) is 2. The molecule has 2 heterocycles. The maximum absolute atomic E-state index is 11.0. The van der Waals surface area contributed by atoms with E-state index in [1.807, 2.05) is 0 Å². The van der Waals surface area contributed by atoms with Crippen LogP contribution in [0.5, 0.6) is 5.75 Å². The van der Waals surface area contributed by atoms with Crippen LogP contribution in [0.3, 0.4) is 0 Å². The summed E-state index contributed by atoms with van der Waals surface area (Å²) in [5.41, 5.74) is 1.37. The minimum absolute atomic E-state index is 0.0640. The smallest absolute Gasteiger partial charge is 0.337 e. The predicted molar refractivity (Wildman–Crippen MR) is 91.0 cm³/mol. The van der Waals surface area contributed by atoms with Gasteiger partial charge in [0.25, 0.3) is 0 Å². The Labute approximate surface area is 154 Å². The molecule has 5 unspecified atom stereocenters. The molecule has 2 aromatic rings. The second-order valence-electron chi connectivity index (χ2n) is 6.11. The van der Waals surface area contributed by atoms with Gasteiger partial charge in [-0.3, -0.25) is 4.98 Å². The number of hydrogen-bond donors (Lipinski definition) is 5. The Hall–Kier alpha value is -2.56. The van der Waals surface area contributed by atoms with Gasteiger partial charge >= 0.3 is 5.97 Å². The minimum atomic E-state index is -1.52. The largest absolute Gasteiger partial charge is 0.478 e. The molecule has 0 radical (unpaired) electrons. The third-order valence-corrected chi connectivity index (χ3v) is 4.27. The Bertz CT molecular complexity index is 794. The molecule has 1 aromatic heterocycles. The SMILES string of the molecule is O=C(O)c1cncc(-c2ccc(OC3OC(CO)C(O)C(O)C3O)cc2)c1. The van der Waals surface area contributed by atoms with E-state index in [1.54, 1.807) is 24.3 Å². The van der Waals surface area contributed by atoms with E-state index in [0.29, 0.717) is 16.9 Å². The van der Waals surface area contributed by atoms with Crippen LogP contribution < -0.4 is 4.74 Å². The van der Waals surface area contributed by atoms with Gasteiger partial charge < -0.3 is 35.0 Å². The lowest BCUT2D eigenvalue weighted by Crippen LogP contribution is -2.60. The molecule has 1 fully saturated rings. The molecule has 0 bridgehead atoms. The first-order valence-corrected chi connectivity index (χ1v) is 8.16. The van der Waals surface area contributed by atoms with Gasteiger partial charge in [0.1, 0.15) is 30.2 Å². The highest BCUT2D eigenvalue weighted by Crippen LogP contribution is 2.27. The number of pyridine rings is 1. The minimum Gasteiger partial charge on any atom is -0.478 e. The lowest BCUT2D eigenvalue weighted by Gasteiger charge is -2.39. The Kier molecular flexibility index (Phi) is 5.68. The van der Waals surface area contributed by atoms with Crippen LogP contribution in [0, 0.1) is 0 Å². The summed E-state index contributed by atoms with van der Waals surface area (Å²) in [7, 11) is 0. The van der Waals surface area contributed by atoms with Crippen molar-refractivity contribution >= 4 is 5.97 Å². The van der Waals surface area contributed by atoms with E-state index in [9.17, 15) is 25.2 Å². The van der Waals surface area contributed by atoms with Crippen LogP contribution in [0.4, 0.5) is 0 Å². The van der Waals surface area contributed by atoms with Gasteiger partial charge in [-0.05, 0) is 23.8 Å². The highest BCUT2D eigenvalue weighted by Gasteiger charge is 2.44. The number of nitrogens with zero attached hydrogens (tertiary/aromatic N) is 1. The number of aliphatic hydroxyl groups is 4. The molecule has 144 valence electrons. The van der Waals surface area contributed by atoms with Crippen molar-refractivity contribution in [3.8, 4) is 16.9 Å². The topological polar surface area (TPSA) is 150 Å². The number of rotatable bonds is 5. The van der Waals surface area contributed by atoms with E-state index in [0.717, 1.165) is 0 Å². The summed E-state index contributed by atoms with van der Waals surface area (Å²) in [5.74, 6) is -0.766. The highest BCUT2D eigenvalue weighted by atomic mass is 16.7. The van der Waals surface area contributed by atoms with Gasteiger partial charge in [0.05, 0.1) is 12.2 Å². The fourth-order valence-electron chi connectivity index (χ4n) is 2.74. The van der Waals surface area contributed by atoms with Gasteiger partial charge in [-0.2, -0.15) is 0 Å². The Morgan fingerprint density at radius 1 is 1.04 bits per heavy atom. The maximum Gasteiger partial charge on any atom is 0.337 e. The zero-order valence-electron chi connectivity index (χ0n) is 14.0. The average Bonchev–Trinajstić information content (AvgIpc) is 2.69. The van der Waals surface area contributed by atoms with Crippen molar-refractivity contribution in [2.24, 2.45) is 0 Å². The summed E-state index contributed by atoms with van der Waals surface area (Å²) in [4.78, 5) is 14.9. The van der Waals surface area contributed by atoms with Crippen molar-refractivity contribution < 1.29 is 39.8 Å². The molecule has 9 heteroatoms. The zero-order valence-corrected chi connectivity index (χ0v) is 14.0. The summed E-state index contributed by atoms with van der Waals surface area (Å²) in [5, 5.41) is 47.8. The van der Waals surface area contributed by atoms with Crippen LogP contribution in [-0.2, 0) is 4.74 Å². The monoisotopic (exact) mass is 377 g/mol. The van der Waals surface area contributed by atoms with Crippen molar-refractivity contribution in [3.05, 3.63) is 48.3 Å². The van der Waals surface area contributed by atoms with Crippen LogP contribution in [0.1, 0.15) is 10.4 Å². The maximum atomic E-state index is 11.0. The number of carbonyl (C=O) groups is 1. The average molecular weight is 377 g/mol. The molecule has 9 nitrogen and oxygen atoms in total. The molecular formula is C18H19NO8. The van der Waals surface area contributed by atoms with E-state index < -0.39 is 43.3 Å². The fourth-order valence-corrected chi connectivity index (χ4v) is 2.74. The second-order valence-corrected chi connectivity index (χ2v) is 6.11. The van der Waals surface area contributed by atoms with Gasteiger partial charge in [-0.25, -0.2) is 4.79 Å². The predicted octanol–water partition coefficient (Wildman–Crippen LogP) is -0.375. The molecule has 0 amide bonds. The van der Waals surface area contributed by atoms with Crippen molar-refractivity contribution in [1.29, 1.82) is 0 Å². The van der Waals surface area contributed by atoms with Gasteiger partial charge in [0, 0.05) is 18.0 Å². The molecule has 1 aliphatic heterocycles. The number of aliphatic hydroxyl groups excluding tert-OH is 4. The Morgan fingerprint density at radius 3 is 2.37 bits per heavy atom. The molecule has 5 N–H and O–H groups in total. The molecule has 0 aliphatic carbocycles. The second kappa shape index (κ2) is 7.99. The third kappa shape index (κ3) is 4.07. The van der Waals surface area contributed by atoms with E-state index in [2.05, 4.69) is 4.98 Å². The van der Waals surface area contributed by atoms with Gasteiger partial charge in [0.2, 0.25) is 6.29 Å². The molecule has 1 saturated heterocycles. The van der Waals surface area contributed by atoms with E-state index in [-0.39, 0.29) is 5.56 Å². The summed E-state index contributed by atoms with van der Waals surface area (Å²) in [6.07, 6.45) is -4.03. The summed E-state index contributed by atoms with van der Waals surface area (Å²) >= 11 is 0. The zero-order chi connectivity index (χ0) is 19.6. The molecule has 1 aromatic carbocycles.